The van der Waals surface area contributed by atoms with Gasteiger partial charge in [-0.2, -0.15) is 0 Å². The molecule has 1 aromatic rings. The highest BCUT2D eigenvalue weighted by Crippen LogP contribution is 2.47. The highest BCUT2D eigenvalue weighted by atomic mass is 16.5. The molecule has 0 N–H and O–H groups in total. The number of ether oxygens (including phenoxy) is 3. The van der Waals surface area contributed by atoms with Crippen LogP contribution in [0.1, 0.15) is 36.4 Å². The van der Waals surface area contributed by atoms with Crippen LogP contribution in [0.4, 0.5) is 0 Å². The Balaban J connectivity index is 1.65. The second-order valence-electron chi connectivity index (χ2n) is 7.49. The molecule has 4 rings (SSSR count). The number of fused-ring (bicyclic) bond motifs is 4. The lowest BCUT2D eigenvalue weighted by Gasteiger charge is -2.50. The van der Waals surface area contributed by atoms with Gasteiger partial charge in [-0.25, -0.2) is 0 Å². The molecule has 2 aliphatic heterocycles. The monoisotopic (exact) mass is 345 g/mol. The van der Waals surface area contributed by atoms with E-state index in [9.17, 15) is 4.79 Å². The lowest BCUT2D eigenvalue weighted by atomic mass is 9.68. The summed E-state index contributed by atoms with van der Waals surface area (Å²) < 4.78 is 16.6. The predicted octanol–water partition coefficient (Wildman–Crippen LogP) is 2.62. The van der Waals surface area contributed by atoms with E-state index in [0.29, 0.717) is 24.3 Å². The molecule has 0 aromatic heterocycles. The van der Waals surface area contributed by atoms with E-state index in [2.05, 4.69) is 17.0 Å². The summed E-state index contributed by atoms with van der Waals surface area (Å²) in [4.78, 5) is 14.8. The molecule has 2 heterocycles. The average Bonchev–Trinajstić information content (AvgIpc) is 2.65. The van der Waals surface area contributed by atoms with Crippen LogP contribution in [-0.2, 0) is 16.0 Å². The Labute approximate surface area is 149 Å². The molecule has 5 heteroatoms. The van der Waals surface area contributed by atoms with Gasteiger partial charge in [0.1, 0.15) is 6.10 Å². The fourth-order valence-corrected chi connectivity index (χ4v) is 5.15. The minimum atomic E-state index is -0.216. The number of hydrogen-bond donors (Lipinski definition) is 0. The number of hydrogen-bond acceptors (Lipinski definition) is 5. The van der Waals surface area contributed by atoms with E-state index in [1.807, 2.05) is 0 Å². The van der Waals surface area contributed by atoms with Gasteiger partial charge < -0.3 is 14.2 Å². The Morgan fingerprint density at radius 1 is 1.08 bits per heavy atom. The maximum Gasteiger partial charge on any atom is 0.161 e. The fourth-order valence-electron chi connectivity index (χ4n) is 5.15. The van der Waals surface area contributed by atoms with Gasteiger partial charge in [0.25, 0.3) is 0 Å². The molecule has 5 nitrogen and oxygen atoms in total. The summed E-state index contributed by atoms with van der Waals surface area (Å²) in [5.41, 5.74) is 2.74. The number of rotatable bonds is 3. The number of methoxy groups -OCH3 is 3. The minimum Gasteiger partial charge on any atom is -0.493 e. The van der Waals surface area contributed by atoms with Gasteiger partial charge >= 0.3 is 0 Å². The van der Waals surface area contributed by atoms with Crippen molar-refractivity contribution in [1.29, 1.82) is 0 Å². The Hall–Kier alpha value is -1.59. The second kappa shape index (κ2) is 6.61. The first kappa shape index (κ1) is 16.9. The van der Waals surface area contributed by atoms with Crippen molar-refractivity contribution in [2.24, 2.45) is 11.8 Å². The van der Waals surface area contributed by atoms with Gasteiger partial charge in [0.2, 0.25) is 0 Å². The van der Waals surface area contributed by atoms with Crippen molar-refractivity contribution in [1.82, 2.24) is 4.90 Å². The van der Waals surface area contributed by atoms with E-state index in [1.54, 1.807) is 21.3 Å². The highest BCUT2D eigenvalue weighted by Gasteiger charge is 2.46. The van der Waals surface area contributed by atoms with Crippen molar-refractivity contribution in [2.45, 2.75) is 37.8 Å². The zero-order chi connectivity index (χ0) is 17.6. The van der Waals surface area contributed by atoms with Crippen molar-refractivity contribution >= 4 is 5.78 Å². The Bertz CT molecular complexity index is 674. The van der Waals surface area contributed by atoms with Crippen LogP contribution >= 0.6 is 0 Å². The van der Waals surface area contributed by atoms with E-state index in [0.717, 1.165) is 43.9 Å². The van der Waals surface area contributed by atoms with Crippen molar-refractivity contribution in [3.63, 3.8) is 0 Å². The highest BCUT2D eigenvalue weighted by molar-refractivity contribution is 5.84. The first-order valence-electron chi connectivity index (χ1n) is 9.20. The minimum absolute atomic E-state index is 0.216. The smallest absolute Gasteiger partial charge is 0.161 e. The average molecular weight is 345 g/mol. The van der Waals surface area contributed by atoms with E-state index < -0.39 is 0 Å². The van der Waals surface area contributed by atoms with Crippen LogP contribution in [0.15, 0.2) is 12.1 Å². The van der Waals surface area contributed by atoms with Crippen molar-refractivity contribution in [2.75, 3.05) is 34.4 Å². The SMILES string of the molecule is COc1cc2c(cc1OC)C1CC3CCC(=O)C(OC)C3CN1CC2. The fraction of sp³-hybridized carbons (Fsp3) is 0.650. The zero-order valence-electron chi connectivity index (χ0n) is 15.3. The molecule has 4 atom stereocenters. The molecule has 136 valence electrons. The number of piperidine rings is 1. The summed E-state index contributed by atoms with van der Waals surface area (Å²) in [5.74, 6) is 2.79. The molecule has 1 aliphatic carbocycles. The summed E-state index contributed by atoms with van der Waals surface area (Å²) in [5, 5.41) is 0. The number of ketones is 1. The molecular formula is C20H27NO4. The Morgan fingerprint density at radius 3 is 2.56 bits per heavy atom. The molecular weight excluding hydrogens is 318 g/mol. The van der Waals surface area contributed by atoms with Crippen LogP contribution < -0.4 is 9.47 Å². The molecule has 1 aromatic carbocycles. The van der Waals surface area contributed by atoms with Crippen LogP contribution in [-0.4, -0.2) is 51.2 Å². The quantitative estimate of drug-likeness (QED) is 0.843. The van der Waals surface area contributed by atoms with Gasteiger partial charge in [0.05, 0.1) is 14.2 Å². The van der Waals surface area contributed by atoms with Crippen molar-refractivity contribution in [3.8, 4) is 11.5 Å². The molecule has 1 saturated carbocycles. The summed E-state index contributed by atoms with van der Waals surface area (Å²) in [6.07, 6.45) is 3.54. The Kier molecular flexibility index (Phi) is 4.46. The predicted molar refractivity (Wildman–Crippen MR) is 94.2 cm³/mol. The third kappa shape index (κ3) is 2.74. The van der Waals surface area contributed by atoms with Crippen LogP contribution in [0.2, 0.25) is 0 Å². The van der Waals surface area contributed by atoms with Crippen LogP contribution in [0.3, 0.4) is 0 Å². The lowest BCUT2D eigenvalue weighted by Crippen LogP contribution is -2.53. The summed E-state index contributed by atoms with van der Waals surface area (Å²) in [6, 6.07) is 4.71. The van der Waals surface area contributed by atoms with Gasteiger partial charge in [-0.05, 0) is 48.4 Å². The summed E-state index contributed by atoms with van der Waals surface area (Å²) >= 11 is 0. The maximum atomic E-state index is 12.2. The molecule has 2 fully saturated rings. The summed E-state index contributed by atoms with van der Waals surface area (Å²) in [6.45, 7) is 1.98. The Morgan fingerprint density at radius 2 is 1.84 bits per heavy atom. The van der Waals surface area contributed by atoms with Crippen LogP contribution in [0.25, 0.3) is 0 Å². The van der Waals surface area contributed by atoms with Crippen molar-refractivity contribution in [3.05, 3.63) is 23.3 Å². The standard InChI is InChI=1S/C20H27NO4/c1-23-18-9-13-6-7-21-11-15-12(4-5-17(22)20(15)25-3)8-16(21)14(13)10-19(18)24-2/h9-10,12,15-16,20H,4-8,11H2,1-3H3. The second-order valence-corrected chi connectivity index (χ2v) is 7.49. The number of nitrogens with zero attached hydrogens (tertiary/aromatic N) is 1. The molecule has 0 bridgehead atoms. The summed E-state index contributed by atoms with van der Waals surface area (Å²) in [7, 11) is 5.06. The van der Waals surface area contributed by atoms with Crippen LogP contribution in [0, 0.1) is 11.8 Å². The first-order chi connectivity index (χ1) is 12.2. The number of carbonyl (C=O) groups excluding carboxylic acids is 1. The number of Topliss-reactive ketones (excluding diaryl/α,β-unsaturated/α-hetero) is 1. The van der Waals surface area contributed by atoms with E-state index >= 15 is 0 Å². The molecule has 1 saturated heterocycles. The lowest BCUT2D eigenvalue weighted by molar-refractivity contribution is -0.142. The number of benzene rings is 1. The van der Waals surface area contributed by atoms with E-state index in [4.69, 9.17) is 14.2 Å². The van der Waals surface area contributed by atoms with Gasteiger partial charge in [0.15, 0.2) is 17.3 Å². The van der Waals surface area contributed by atoms with E-state index in [-0.39, 0.29) is 11.9 Å². The first-order valence-corrected chi connectivity index (χ1v) is 9.20. The molecule has 0 radical (unpaired) electrons. The third-order valence-corrected chi connectivity index (χ3v) is 6.41. The molecule has 0 amide bonds. The van der Waals surface area contributed by atoms with E-state index in [1.165, 1.54) is 11.1 Å². The topological polar surface area (TPSA) is 48.0 Å². The zero-order valence-corrected chi connectivity index (χ0v) is 15.3. The molecule has 0 spiro atoms. The van der Waals surface area contributed by atoms with Gasteiger partial charge in [-0.1, -0.05) is 0 Å². The molecule has 25 heavy (non-hydrogen) atoms. The normalized spacial score (nSPS) is 31.7. The number of carbonyl (C=O) groups is 1. The van der Waals surface area contributed by atoms with Crippen LogP contribution in [0.5, 0.6) is 11.5 Å². The largest absolute Gasteiger partial charge is 0.493 e. The molecule has 3 aliphatic rings. The molecule has 4 unspecified atom stereocenters. The van der Waals surface area contributed by atoms with Gasteiger partial charge in [0, 0.05) is 38.6 Å². The van der Waals surface area contributed by atoms with Crippen molar-refractivity contribution < 1.29 is 19.0 Å². The maximum absolute atomic E-state index is 12.2. The van der Waals surface area contributed by atoms with Gasteiger partial charge in [-0.3, -0.25) is 9.69 Å². The van der Waals surface area contributed by atoms with Gasteiger partial charge in [-0.15, -0.1) is 0 Å². The third-order valence-electron chi connectivity index (χ3n) is 6.41.